The van der Waals surface area contributed by atoms with Crippen LogP contribution in [-0.4, -0.2) is 118 Å². The van der Waals surface area contributed by atoms with E-state index in [0.717, 1.165) is 0 Å². The summed E-state index contributed by atoms with van der Waals surface area (Å²) >= 11 is 0. The van der Waals surface area contributed by atoms with Crippen LogP contribution in [0, 0.1) is 0 Å². The van der Waals surface area contributed by atoms with Crippen molar-refractivity contribution in [1.29, 1.82) is 0 Å². The van der Waals surface area contributed by atoms with Crippen LogP contribution in [0.1, 0.15) is 6.92 Å². The third-order valence-electron chi connectivity index (χ3n) is 5.09. The summed E-state index contributed by atoms with van der Waals surface area (Å²) in [6.07, 6.45) is -11.0. The van der Waals surface area contributed by atoms with Gasteiger partial charge < -0.3 is 59.1 Å². The Labute approximate surface area is 154 Å². The normalized spacial score (nSPS) is 53.3. The average Bonchev–Trinajstić information content (AvgIpc) is 2.91. The Balaban J connectivity index is 1.75. The lowest BCUT2D eigenvalue weighted by Crippen LogP contribution is -2.67. The van der Waals surface area contributed by atoms with Crippen LogP contribution in [0.5, 0.6) is 0 Å². The van der Waals surface area contributed by atoms with Crippen molar-refractivity contribution in [3.63, 3.8) is 0 Å². The summed E-state index contributed by atoms with van der Waals surface area (Å²) < 4.78 is 32.3. The van der Waals surface area contributed by atoms with Crippen LogP contribution in [0.4, 0.5) is 0 Å². The first-order valence-electron chi connectivity index (χ1n) is 8.52. The molecular formula is C15H26O12. The summed E-state index contributed by atoms with van der Waals surface area (Å²) in [7, 11) is 1.35. The lowest BCUT2D eigenvalue weighted by atomic mass is 9.97. The molecule has 3 saturated heterocycles. The molecule has 0 radical (unpaired) electrons. The van der Waals surface area contributed by atoms with E-state index in [-0.39, 0.29) is 6.61 Å². The number of hydrogen-bond donors (Lipinski definition) is 6. The SMILES string of the molecule is CO[C@@]1(C)OC[C@H]2O[C@H](O[C@]3(CO)O[C@H](CO)[C@@H](O)[C@@H]3O)[C@H](O)[C@@H](O)[C@@H]2O1. The molecule has 3 aliphatic heterocycles. The molecule has 0 aromatic heterocycles. The monoisotopic (exact) mass is 398 g/mol. The minimum absolute atomic E-state index is 0.0595. The van der Waals surface area contributed by atoms with E-state index in [0.29, 0.717) is 0 Å². The molecule has 158 valence electrons. The van der Waals surface area contributed by atoms with E-state index in [2.05, 4.69) is 0 Å². The lowest BCUT2D eigenvalue weighted by molar-refractivity contribution is -0.459. The quantitative estimate of drug-likeness (QED) is 0.265. The Bertz CT molecular complexity index is 519. The van der Waals surface area contributed by atoms with Gasteiger partial charge in [-0.3, -0.25) is 0 Å². The highest BCUT2D eigenvalue weighted by Gasteiger charge is 2.59. The van der Waals surface area contributed by atoms with Gasteiger partial charge >= 0.3 is 0 Å². The smallest absolute Gasteiger partial charge is 0.280 e. The summed E-state index contributed by atoms with van der Waals surface area (Å²) in [5.41, 5.74) is 0. The Morgan fingerprint density at radius 2 is 1.74 bits per heavy atom. The van der Waals surface area contributed by atoms with Crippen LogP contribution in [-0.2, 0) is 28.4 Å². The second-order valence-electron chi connectivity index (χ2n) is 6.85. The van der Waals surface area contributed by atoms with Crippen molar-refractivity contribution in [2.24, 2.45) is 0 Å². The first-order valence-corrected chi connectivity index (χ1v) is 8.52. The summed E-state index contributed by atoms with van der Waals surface area (Å²) in [5.74, 6) is -3.59. The Morgan fingerprint density at radius 3 is 2.30 bits per heavy atom. The van der Waals surface area contributed by atoms with Crippen molar-refractivity contribution in [2.75, 3.05) is 26.9 Å². The molecule has 3 aliphatic rings. The van der Waals surface area contributed by atoms with Gasteiger partial charge in [0.05, 0.1) is 13.2 Å². The molecule has 0 amide bonds. The molecule has 12 heteroatoms. The van der Waals surface area contributed by atoms with E-state index in [1.165, 1.54) is 14.0 Å². The van der Waals surface area contributed by atoms with Crippen LogP contribution in [0.3, 0.4) is 0 Å². The first-order chi connectivity index (χ1) is 12.7. The number of fused-ring (bicyclic) bond motifs is 1. The maximum atomic E-state index is 10.4. The molecule has 0 bridgehead atoms. The van der Waals surface area contributed by atoms with Gasteiger partial charge in [0.1, 0.15) is 49.3 Å². The molecule has 12 nitrogen and oxygen atoms in total. The molecule has 0 unspecified atom stereocenters. The van der Waals surface area contributed by atoms with Crippen LogP contribution in [0.15, 0.2) is 0 Å². The van der Waals surface area contributed by atoms with Crippen LogP contribution < -0.4 is 0 Å². The Morgan fingerprint density at radius 1 is 1.04 bits per heavy atom. The maximum absolute atomic E-state index is 10.4. The van der Waals surface area contributed by atoms with Gasteiger partial charge in [-0.15, -0.1) is 0 Å². The van der Waals surface area contributed by atoms with Crippen molar-refractivity contribution in [3.05, 3.63) is 0 Å². The van der Waals surface area contributed by atoms with Crippen molar-refractivity contribution < 1.29 is 59.1 Å². The molecule has 3 fully saturated rings. The van der Waals surface area contributed by atoms with Crippen molar-refractivity contribution in [2.45, 2.75) is 67.7 Å². The molecule has 0 aliphatic carbocycles. The number of ether oxygens (including phenoxy) is 6. The van der Waals surface area contributed by atoms with Gasteiger partial charge in [0.15, 0.2) is 6.29 Å². The highest BCUT2D eigenvalue weighted by molar-refractivity contribution is 4.99. The number of rotatable bonds is 5. The van der Waals surface area contributed by atoms with E-state index >= 15 is 0 Å². The van der Waals surface area contributed by atoms with Crippen LogP contribution in [0.2, 0.25) is 0 Å². The lowest BCUT2D eigenvalue weighted by Gasteiger charge is -2.49. The van der Waals surface area contributed by atoms with E-state index in [4.69, 9.17) is 28.4 Å². The average molecular weight is 398 g/mol. The van der Waals surface area contributed by atoms with Crippen molar-refractivity contribution in [1.82, 2.24) is 0 Å². The van der Waals surface area contributed by atoms with E-state index < -0.39 is 74.0 Å². The topological polar surface area (TPSA) is 177 Å². The molecule has 3 rings (SSSR count). The molecule has 0 aromatic carbocycles. The van der Waals surface area contributed by atoms with Gasteiger partial charge in [0, 0.05) is 14.0 Å². The summed E-state index contributed by atoms with van der Waals surface area (Å²) in [5, 5.41) is 59.8. The third-order valence-corrected chi connectivity index (χ3v) is 5.09. The zero-order valence-electron chi connectivity index (χ0n) is 14.9. The predicted octanol–water partition coefficient (Wildman–Crippen LogP) is -4.01. The van der Waals surface area contributed by atoms with Gasteiger partial charge in [-0.1, -0.05) is 0 Å². The second-order valence-corrected chi connectivity index (χ2v) is 6.85. The molecule has 6 N–H and O–H groups in total. The van der Waals surface area contributed by atoms with Crippen LogP contribution in [0.25, 0.3) is 0 Å². The summed E-state index contributed by atoms with van der Waals surface area (Å²) in [6.45, 7) is -0.115. The molecule has 27 heavy (non-hydrogen) atoms. The van der Waals surface area contributed by atoms with E-state index in [1.54, 1.807) is 0 Å². The number of hydrogen-bond acceptors (Lipinski definition) is 12. The molecule has 3 heterocycles. The molecule has 0 aromatic rings. The summed E-state index contributed by atoms with van der Waals surface area (Å²) in [6, 6.07) is 0. The minimum atomic E-state index is -2.16. The molecule has 0 spiro atoms. The zero-order chi connectivity index (χ0) is 20.0. The third kappa shape index (κ3) is 3.61. The Hall–Kier alpha value is -0.480. The highest BCUT2D eigenvalue weighted by Crippen LogP contribution is 2.38. The van der Waals surface area contributed by atoms with Crippen molar-refractivity contribution >= 4 is 0 Å². The zero-order valence-corrected chi connectivity index (χ0v) is 14.9. The fourth-order valence-corrected chi connectivity index (χ4v) is 3.37. The molecule has 10 atom stereocenters. The van der Waals surface area contributed by atoms with Gasteiger partial charge in [-0.05, 0) is 0 Å². The van der Waals surface area contributed by atoms with Gasteiger partial charge in [0.2, 0.25) is 5.79 Å². The fourth-order valence-electron chi connectivity index (χ4n) is 3.37. The largest absolute Gasteiger partial charge is 0.394 e. The Kier molecular flexibility index (Phi) is 6.09. The second kappa shape index (κ2) is 7.74. The number of aliphatic hydroxyl groups is 6. The van der Waals surface area contributed by atoms with Gasteiger partial charge in [0.25, 0.3) is 5.97 Å². The van der Waals surface area contributed by atoms with Crippen LogP contribution >= 0.6 is 0 Å². The number of methoxy groups -OCH3 is 1. The fraction of sp³-hybridized carbons (Fsp3) is 1.00. The van der Waals surface area contributed by atoms with Gasteiger partial charge in [-0.25, -0.2) is 0 Å². The predicted molar refractivity (Wildman–Crippen MR) is 81.8 cm³/mol. The summed E-state index contributed by atoms with van der Waals surface area (Å²) in [4.78, 5) is 0. The van der Waals surface area contributed by atoms with Gasteiger partial charge in [-0.2, -0.15) is 0 Å². The van der Waals surface area contributed by atoms with E-state index in [1.807, 2.05) is 0 Å². The highest BCUT2D eigenvalue weighted by atomic mass is 16.9. The first kappa shape index (κ1) is 21.2. The standard InChI is InChI=1S/C15H26O12/c1-14(22-2)23-4-7-11(26-14)9(19)10(20)13(24-7)27-15(5-17)12(21)8(18)6(3-16)25-15/h6-13,16-21H,3-5H2,1-2H3/t6-,7-,8-,9-,10-,11-,12+,13-,14+,15+/m1/s1. The van der Waals surface area contributed by atoms with Crippen molar-refractivity contribution in [3.8, 4) is 0 Å². The minimum Gasteiger partial charge on any atom is -0.394 e. The molecular weight excluding hydrogens is 372 g/mol. The number of aliphatic hydroxyl groups excluding tert-OH is 6. The van der Waals surface area contributed by atoms with E-state index in [9.17, 15) is 30.6 Å². The molecule has 0 saturated carbocycles. The maximum Gasteiger partial charge on any atom is 0.280 e.